The molecule has 4 rings (SSSR count). The first kappa shape index (κ1) is 12.1. The molecular weight excluding hydrogens is 268 g/mol. The lowest BCUT2D eigenvalue weighted by molar-refractivity contribution is 0.101. The Bertz CT molecular complexity index is 829. The minimum atomic E-state index is -0.258. The summed E-state index contributed by atoms with van der Waals surface area (Å²) in [5.41, 5.74) is 2.88. The highest BCUT2D eigenvalue weighted by Gasteiger charge is 2.28. The highest BCUT2D eigenvalue weighted by molar-refractivity contribution is 6.03. The van der Waals surface area contributed by atoms with Gasteiger partial charge < -0.3 is 9.84 Å². The fraction of sp³-hybridized carbons (Fsp3) is 0.267. The van der Waals surface area contributed by atoms with Crippen LogP contribution in [0, 0.1) is 6.92 Å². The van der Waals surface area contributed by atoms with E-state index in [1.807, 2.05) is 25.1 Å². The molecule has 3 aromatic rings. The van der Waals surface area contributed by atoms with E-state index in [1.54, 1.807) is 6.07 Å². The van der Waals surface area contributed by atoms with Crippen molar-refractivity contribution in [1.29, 1.82) is 0 Å². The van der Waals surface area contributed by atoms with Crippen LogP contribution in [0.3, 0.4) is 0 Å². The second-order valence-electron chi connectivity index (χ2n) is 5.41. The monoisotopic (exact) mass is 282 g/mol. The van der Waals surface area contributed by atoms with E-state index in [1.165, 1.54) is 0 Å². The van der Waals surface area contributed by atoms with E-state index < -0.39 is 0 Å². The molecule has 2 N–H and O–H groups in total. The molecule has 1 aliphatic rings. The van der Waals surface area contributed by atoms with E-state index in [-0.39, 0.29) is 5.91 Å². The summed E-state index contributed by atoms with van der Waals surface area (Å²) in [7, 11) is 0. The molecule has 21 heavy (non-hydrogen) atoms. The van der Waals surface area contributed by atoms with Crippen molar-refractivity contribution in [3.05, 3.63) is 41.4 Å². The van der Waals surface area contributed by atoms with Gasteiger partial charge in [-0.15, -0.1) is 0 Å². The van der Waals surface area contributed by atoms with Gasteiger partial charge in [0.05, 0.1) is 11.2 Å². The average Bonchev–Trinajstić information content (AvgIpc) is 3.10. The Balaban J connectivity index is 1.57. The topological polar surface area (TPSA) is 83.8 Å². The van der Waals surface area contributed by atoms with E-state index in [2.05, 4.69) is 20.7 Å². The first-order valence-electron chi connectivity index (χ1n) is 6.93. The van der Waals surface area contributed by atoms with Crippen LogP contribution < -0.4 is 5.32 Å². The molecule has 1 saturated carbocycles. The Labute approximate surface area is 120 Å². The summed E-state index contributed by atoms with van der Waals surface area (Å²) in [5.74, 6) is 0.997. The lowest BCUT2D eigenvalue weighted by atomic mass is 10.2. The highest BCUT2D eigenvalue weighted by Crippen LogP contribution is 2.40. The number of hydrogen-bond acceptors (Lipinski definition) is 4. The molecule has 6 heteroatoms. The largest absolute Gasteiger partial charge is 0.360 e. The van der Waals surface area contributed by atoms with Gasteiger partial charge in [0.15, 0.2) is 5.69 Å². The molecule has 6 nitrogen and oxygen atoms in total. The standard InChI is InChI=1S/C15H14N4O2/c1-8-11-6-10(4-5-12(11)18-17-8)16-15(20)13-7-14(21-19-13)9-2-3-9/h4-7,9H,2-3H2,1H3,(H,16,20)(H,17,18). The normalized spacial score (nSPS) is 14.5. The number of H-pyrrole nitrogens is 1. The summed E-state index contributed by atoms with van der Waals surface area (Å²) in [4.78, 5) is 12.2. The van der Waals surface area contributed by atoms with E-state index in [4.69, 9.17) is 4.52 Å². The Morgan fingerprint density at radius 2 is 2.24 bits per heavy atom. The van der Waals surface area contributed by atoms with Crippen molar-refractivity contribution >= 4 is 22.5 Å². The van der Waals surface area contributed by atoms with Gasteiger partial charge in [-0.05, 0) is 38.0 Å². The lowest BCUT2D eigenvalue weighted by Crippen LogP contribution is -2.12. The van der Waals surface area contributed by atoms with Crippen LogP contribution in [0.1, 0.15) is 40.7 Å². The fourth-order valence-corrected chi connectivity index (χ4v) is 2.37. The molecule has 0 aliphatic heterocycles. The summed E-state index contributed by atoms with van der Waals surface area (Å²) in [5, 5.41) is 14.7. The summed E-state index contributed by atoms with van der Waals surface area (Å²) in [6.45, 7) is 1.92. The molecule has 0 bridgehead atoms. The van der Waals surface area contributed by atoms with E-state index >= 15 is 0 Å². The van der Waals surface area contributed by atoms with E-state index in [0.717, 1.165) is 35.2 Å². The number of nitrogens with zero attached hydrogens (tertiary/aromatic N) is 2. The molecule has 1 fully saturated rings. The molecule has 0 unspecified atom stereocenters. The van der Waals surface area contributed by atoms with Crippen LogP contribution in [0.5, 0.6) is 0 Å². The van der Waals surface area contributed by atoms with Crippen molar-refractivity contribution in [2.75, 3.05) is 5.32 Å². The number of benzene rings is 1. The van der Waals surface area contributed by atoms with Crippen LogP contribution in [-0.2, 0) is 0 Å². The maximum atomic E-state index is 12.2. The minimum absolute atomic E-state index is 0.258. The summed E-state index contributed by atoms with van der Waals surface area (Å²) in [6, 6.07) is 7.35. The van der Waals surface area contributed by atoms with Gasteiger partial charge in [-0.3, -0.25) is 9.89 Å². The van der Waals surface area contributed by atoms with Crippen LogP contribution in [-0.4, -0.2) is 21.3 Å². The number of amides is 1. The SMILES string of the molecule is Cc1n[nH]c2ccc(NC(=O)c3cc(C4CC4)on3)cc12. The van der Waals surface area contributed by atoms with Crippen molar-refractivity contribution in [2.45, 2.75) is 25.7 Å². The van der Waals surface area contributed by atoms with Crippen molar-refractivity contribution in [1.82, 2.24) is 15.4 Å². The molecule has 0 spiro atoms. The predicted molar refractivity (Wildman–Crippen MR) is 77.3 cm³/mol. The van der Waals surface area contributed by atoms with Gasteiger partial charge >= 0.3 is 0 Å². The first-order chi connectivity index (χ1) is 10.2. The number of fused-ring (bicyclic) bond motifs is 1. The third-order valence-corrected chi connectivity index (χ3v) is 3.75. The van der Waals surface area contributed by atoms with Crippen LogP contribution in [0.4, 0.5) is 5.69 Å². The highest BCUT2D eigenvalue weighted by atomic mass is 16.5. The number of aryl methyl sites for hydroxylation is 1. The molecule has 1 aliphatic carbocycles. The third kappa shape index (κ3) is 2.18. The number of aromatic nitrogens is 3. The third-order valence-electron chi connectivity index (χ3n) is 3.75. The minimum Gasteiger partial charge on any atom is -0.360 e. The van der Waals surface area contributed by atoms with Gasteiger partial charge in [0.1, 0.15) is 5.76 Å². The number of rotatable bonds is 3. The number of hydrogen-bond donors (Lipinski definition) is 2. The van der Waals surface area contributed by atoms with Crippen LogP contribution in [0.2, 0.25) is 0 Å². The second kappa shape index (κ2) is 4.44. The van der Waals surface area contributed by atoms with Gasteiger partial charge in [0, 0.05) is 23.1 Å². The quantitative estimate of drug-likeness (QED) is 0.773. The number of carbonyl (C=O) groups is 1. The molecule has 0 radical (unpaired) electrons. The van der Waals surface area contributed by atoms with Crippen molar-refractivity contribution in [3.63, 3.8) is 0 Å². The zero-order chi connectivity index (χ0) is 14.4. The van der Waals surface area contributed by atoms with Gasteiger partial charge in [-0.25, -0.2) is 0 Å². The zero-order valence-corrected chi connectivity index (χ0v) is 11.5. The summed E-state index contributed by atoms with van der Waals surface area (Å²) >= 11 is 0. The average molecular weight is 282 g/mol. The molecule has 2 aromatic heterocycles. The summed E-state index contributed by atoms with van der Waals surface area (Å²) < 4.78 is 5.20. The molecule has 0 saturated heterocycles. The van der Waals surface area contributed by atoms with Gasteiger partial charge in [-0.2, -0.15) is 5.10 Å². The lowest BCUT2D eigenvalue weighted by Gasteiger charge is -2.02. The maximum absolute atomic E-state index is 12.2. The van der Waals surface area contributed by atoms with Crippen LogP contribution in [0.25, 0.3) is 10.9 Å². The van der Waals surface area contributed by atoms with Gasteiger partial charge in [0.2, 0.25) is 0 Å². The van der Waals surface area contributed by atoms with Crippen LogP contribution in [0.15, 0.2) is 28.8 Å². The summed E-state index contributed by atoms with van der Waals surface area (Å²) in [6.07, 6.45) is 2.24. The van der Waals surface area contributed by atoms with E-state index in [9.17, 15) is 4.79 Å². The van der Waals surface area contributed by atoms with Crippen molar-refractivity contribution < 1.29 is 9.32 Å². The van der Waals surface area contributed by atoms with Crippen molar-refractivity contribution in [2.24, 2.45) is 0 Å². The number of anilines is 1. The molecule has 1 amide bonds. The zero-order valence-electron chi connectivity index (χ0n) is 11.5. The fourth-order valence-electron chi connectivity index (χ4n) is 2.37. The molecular formula is C15H14N4O2. The molecule has 106 valence electrons. The molecule has 2 heterocycles. The first-order valence-corrected chi connectivity index (χ1v) is 6.93. The molecule has 1 aromatic carbocycles. The Morgan fingerprint density at radius 3 is 3.05 bits per heavy atom. The Morgan fingerprint density at radius 1 is 1.38 bits per heavy atom. The number of carbonyl (C=O) groups excluding carboxylic acids is 1. The molecule has 0 atom stereocenters. The van der Waals surface area contributed by atoms with Crippen LogP contribution >= 0.6 is 0 Å². The van der Waals surface area contributed by atoms with Gasteiger partial charge in [0.25, 0.3) is 5.91 Å². The maximum Gasteiger partial charge on any atom is 0.277 e. The van der Waals surface area contributed by atoms with Gasteiger partial charge in [-0.1, -0.05) is 5.16 Å². The smallest absolute Gasteiger partial charge is 0.277 e. The van der Waals surface area contributed by atoms with E-state index in [0.29, 0.717) is 17.3 Å². The Kier molecular flexibility index (Phi) is 2.57. The second-order valence-corrected chi connectivity index (χ2v) is 5.41. The Hall–Kier alpha value is -2.63. The predicted octanol–water partition coefficient (Wildman–Crippen LogP) is 2.99. The number of aromatic amines is 1. The van der Waals surface area contributed by atoms with Crippen molar-refractivity contribution in [3.8, 4) is 0 Å². The number of nitrogens with one attached hydrogen (secondary N) is 2.